The maximum atomic E-state index is 9.10. The molecule has 3 saturated heterocycles. The van der Waals surface area contributed by atoms with Crippen molar-refractivity contribution in [2.45, 2.75) is 44.3 Å². The van der Waals surface area contributed by atoms with Crippen LogP contribution in [0.2, 0.25) is 0 Å². The number of benzene rings is 1. The third-order valence-corrected chi connectivity index (χ3v) is 6.57. The van der Waals surface area contributed by atoms with E-state index in [0.717, 1.165) is 44.9 Å². The molecule has 4 rings (SSSR count). The van der Waals surface area contributed by atoms with Crippen LogP contribution in [-0.4, -0.2) is 101 Å². The van der Waals surface area contributed by atoms with E-state index in [1.54, 1.807) is 0 Å². The van der Waals surface area contributed by atoms with Crippen molar-refractivity contribution in [3.8, 4) is 0 Å². The number of ether oxygens (including phenoxy) is 1. The largest absolute Gasteiger partial charge is 0.473 e. The summed E-state index contributed by atoms with van der Waals surface area (Å²) in [5.74, 6) is -3.65. The van der Waals surface area contributed by atoms with Gasteiger partial charge in [0.15, 0.2) is 0 Å². The summed E-state index contributed by atoms with van der Waals surface area (Å²) in [6.45, 7) is 10.4. The van der Waals surface area contributed by atoms with Crippen molar-refractivity contribution in [2.75, 3.05) is 52.5 Å². The quantitative estimate of drug-likeness (QED) is 0.692. The molecule has 8 nitrogen and oxygen atoms in total. The second-order valence-corrected chi connectivity index (χ2v) is 8.52. The van der Waals surface area contributed by atoms with E-state index in [4.69, 9.17) is 24.5 Å². The molecule has 3 aliphatic heterocycles. The minimum absolute atomic E-state index is 0.804. The van der Waals surface area contributed by atoms with Gasteiger partial charge < -0.3 is 19.8 Å². The minimum Gasteiger partial charge on any atom is -0.473 e. The van der Waals surface area contributed by atoms with Crippen LogP contribution < -0.4 is 0 Å². The van der Waals surface area contributed by atoms with Crippen molar-refractivity contribution in [1.82, 2.24) is 14.7 Å². The predicted octanol–water partition coefficient (Wildman–Crippen LogP) is 1.60. The topological polar surface area (TPSA) is 93.5 Å². The van der Waals surface area contributed by atoms with Crippen LogP contribution in [-0.2, 0) is 20.9 Å². The fourth-order valence-electron chi connectivity index (χ4n) is 4.84. The lowest BCUT2D eigenvalue weighted by molar-refractivity contribution is -0.159. The number of likely N-dealkylation sites (tertiary alicyclic amines) is 2. The number of rotatable bonds is 4. The molecular formula is C23H35N3O5. The van der Waals surface area contributed by atoms with Gasteiger partial charge in [-0.2, -0.15) is 0 Å². The normalized spacial score (nSPS) is 22.5. The van der Waals surface area contributed by atoms with Crippen molar-refractivity contribution >= 4 is 11.9 Å². The van der Waals surface area contributed by atoms with Gasteiger partial charge in [-0.15, -0.1) is 0 Å². The highest BCUT2D eigenvalue weighted by Crippen LogP contribution is 2.24. The Labute approximate surface area is 184 Å². The number of morpholine rings is 1. The van der Waals surface area contributed by atoms with E-state index >= 15 is 0 Å². The summed E-state index contributed by atoms with van der Waals surface area (Å²) >= 11 is 0. The number of hydrogen-bond donors (Lipinski definition) is 2. The molecule has 8 heteroatoms. The molecule has 0 unspecified atom stereocenters. The molecule has 0 bridgehead atoms. The summed E-state index contributed by atoms with van der Waals surface area (Å²) in [4.78, 5) is 26.3. The number of carbonyl (C=O) groups is 2. The molecule has 0 aliphatic carbocycles. The first-order chi connectivity index (χ1) is 15.0. The highest BCUT2D eigenvalue weighted by atomic mass is 16.5. The smallest absolute Gasteiger partial charge is 0.414 e. The Morgan fingerprint density at radius 1 is 0.774 bits per heavy atom. The van der Waals surface area contributed by atoms with Crippen LogP contribution in [0.4, 0.5) is 0 Å². The summed E-state index contributed by atoms with van der Waals surface area (Å²) in [5, 5.41) is 14.8. The third kappa shape index (κ3) is 7.57. The number of piperidine rings is 2. The zero-order chi connectivity index (χ0) is 22.1. The molecule has 0 aromatic heterocycles. The summed E-state index contributed by atoms with van der Waals surface area (Å²) in [5.41, 5.74) is 1.45. The Bertz CT molecular complexity index is 668. The Morgan fingerprint density at radius 2 is 1.26 bits per heavy atom. The van der Waals surface area contributed by atoms with Gasteiger partial charge in [0, 0.05) is 31.7 Å². The minimum atomic E-state index is -1.82. The highest BCUT2D eigenvalue weighted by molar-refractivity contribution is 6.27. The molecule has 31 heavy (non-hydrogen) atoms. The Morgan fingerprint density at radius 3 is 1.77 bits per heavy atom. The van der Waals surface area contributed by atoms with Gasteiger partial charge in [-0.1, -0.05) is 30.3 Å². The molecule has 3 aliphatic rings. The van der Waals surface area contributed by atoms with Gasteiger partial charge in [-0.05, 0) is 57.4 Å². The second kappa shape index (κ2) is 12.1. The van der Waals surface area contributed by atoms with Gasteiger partial charge in [0.2, 0.25) is 0 Å². The van der Waals surface area contributed by atoms with Crippen LogP contribution in [0, 0.1) is 0 Å². The van der Waals surface area contributed by atoms with E-state index in [1.807, 2.05) is 0 Å². The molecule has 3 heterocycles. The van der Waals surface area contributed by atoms with Crippen LogP contribution in [0.3, 0.4) is 0 Å². The van der Waals surface area contributed by atoms with Crippen molar-refractivity contribution in [3.63, 3.8) is 0 Å². The van der Waals surface area contributed by atoms with E-state index < -0.39 is 11.9 Å². The third-order valence-electron chi connectivity index (χ3n) is 6.57. The molecule has 0 saturated carbocycles. The zero-order valence-corrected chi connectivity index (χ0v) is 18.2. The van der Waals surface area contributed by atoms with Crippen LogP contribution >= 0.6 is 0 Å². The summed E-state index contributed by atoms with van der Waals surface area (Å²) in [7, 11) is 0. The van der Waals surface area contributed by atoms with E-state index in [2.05, 4.69) is 45.0 Å². The van der Waals surface area contributed by atoms with Gasteiger partial charge >= 0.3 is 11.9 Å². The monoisotopic (exact) mass is 433 g/mol. The van der Waals surface area contributed by atoms with E-state index in [0.29, 0.717) is 0 Å². The van der Waals surface area contributed by atoms with E-state index in [1.165, 1.54) is 57.4 Å². The average Bonchev–Trinajstić information content (AvgIpc) is 2.81. The van der Waals surface area contributed by atoms with Gasteiger partial charge in [0.05, 0.1) is 13.2 Å². The molecule has 172 valence electrons. The first-order valence-electron chi connectivity index (χ1n) is 11.3. The molecular weight excluding hydrogens is 398 g/mol. The Hall–Kier alpha value is -2.00. The lowest BCUT2D eigenvalue weighted by atomic mass is 9.96. The SMILES string of the molecule is O=C(O)C(=O)O.c1ccc(CN2CCC(N3CCC(N4CCOCC4)CC3)CC2)cc1. The number of nitrogens with zero attached hydrogens (tertiary/aromatic N) is 3. The van der Waals surface area contributed by atoms with E-state index in [9.17, 15) is 0 Å². The number of aliphatic carboxylic acids is 2. The number of carboxylic acids is 2. The molecule has 0 atom stereocenters. The lowest BCUT2D eigenvalue weighted by Gasteiger charge is -2.44. The van der Waals surface area contributed by atoms with Crippen LogP contribution in [0.5, 0.6) is 0 Å². The standard InChI is InChI=1S/C21H33N3O.C2H2O4/c1-2-4-19(5-3-1)18-22-10-6-20(7-11-22)23-12-8-21(9-13-23)24-14-16-25-17-15-24;3-1(4)2(5)6/h1-5,20-21H,6-18H2;(H,3,4)(H,5,6). The molecule has 3 fully saturated rings. The summed E-state index contributed by atoms with van der Waals surface area (Å²) < 4.78 is 5.50. The first kappa shape index (κ1) is 23.7. The maximum Gasteiger partial charge on any atom is 0.414 e. The first-order valence-corrected chi connectivity index (χ1v) is 11.3. The summed E-state index contributed by atoms with van der Waals surface area (Å²) in [6, 6.07) is 12.5. The summed E-state index contributed by atoms with van der Waals surface area (Å²) in [6.07, 6.45) is 5.39. The van der Waals surface area contributed by atoms with Crippen LogP contribution in [0.25, 0.3) is 0 Å². The van der Waals surface area contributed by atoms with Crippen LogP contribution in [0.15, 0.2) is 30.3 Å². The molecule has 0 amide bonds. The number of carboxylic acid groups (broad SMARTS) is 2. The van der Waals surface area contributed by atoms with Crippen molar-refractivity contribution in [3.05, 3.63) is 35.9 Å². The predicted molar refractivity (Wildman–Crippen MR) is 117 cm³/mol. The second-order valence-electron chi connectivity index (χ2n) is 8.52. The van der Waals surface area contributed by atoms with Gasteiger partial charge in [-0.3, -0.25) is 9.80 Å². The highest BCUT2D eigenvalue weighted by Gasteiger charge is 2.30. The fraction of sp³-hybridized carbons (Fsp3) is 0.652. The van der Waals surface area contributed by atoms with Crippen LogP contribution in [0.1, 0.15) is 31.2 Å². The molecule has 0 radical (unpaired) electrons. The Kier molecular flexibility index (Phi) is 9.27. The van der Waals surface area contributed by atoms with Gasteiger partial charge in [0.1, 0.15) is 0 Å². The number of hydrogen-bond acceptors (Lipinski definition) is 6. The molecule has 2 N–H and O–H groups in total. The van der Waals surface area contributed by atoms with Crippen molar-refractivity contribution in [1.29, 1.82) is 0 Å². The van der Waals surface area contributed by atoms with Gasteiger partial charge in [0.25, 0.3) is 0 Å². The maximum absolute atomic E-state index is 9.10. The average molecular weight is 434 g/mol. The fourth-order valence-corrected chi connectivity index (χ4v) is 4.84. The van der Waals surface area contributed by atoms with Gasteiger partial charge in [-0.25, -0.2) is 9.59 Å². The Balaban J connectivity index is 0.000000401. The van der Waals surface area contributed by atoms with E-state index in [-0.39, 0.29) is 0 Å². The molecule has 1 aromatic rings. The van der Waals surface area contributed by atoms with Crippen molar-refractivity contribution < 1.29 is 24.5 Å². The molecule has 0 spiro atoms. The molecule has 1 aromatic carbocycles. The van der Waals surface area contributed by atoms with Crippen molar-refractivity contribution in [2.24, 2.45) is 0 Å². The lowest BCUT2D eigenvalue weighted by Crippen LogP contribution is -2.52. The zero-order valence-electron chi connectivity index (χ0n) is 18.2.